The van der Waals surface area contributed by atoms with E-state index in [1.807, 2.05) is 12.1 Å². The minimum atomic E-state index is -0.207. The molecule has 2 heterocycles. The average molecular weight is 313 g/mol. The molecule has 4 rings (SSSR count). The fourth-order valence-corrected chi connectivity index (χ4v) is 3.72. The molecular formula is C18H23N3O2. The van der Waals surface area contributed by atoms with Crippen molar-refractivity contribution in [2.45, 2.75) is 44.7 Å². The number of hydrogen-bond acceptors (Lipinski definition) is 4. The summed E-state index contributed by atoms with van der Waals surface area (Å²) >= 11 is 0. The highest BCUT2D eigenvalue weighted by atomic mass is 16.5. The van der Waals surface area contributed by atoms with Crippen LogP contribution in [0, 0.1) is 0 Å². The third kappa shape index (κ3) is 2.74. The van der Waals surface area contributed by atoms with E-state index in [0.29, 0.717) is 6.42 Å². The lowest BCUT2D eigenvalue weighted by molar-refractivity contribution is -0.139. The maximum absolute atomic E-state index is 11.4. The fraction of sp³-hybridized carbons (Fsp3) is 0.556. The Balaban J connectivity index is 1.57. The van der Waals surface area contributed by atoms with Crippen molar-refractivity contribution in [2.75, 3.05) is 20.2 Å². The monoisotopic (exact) mass is 313 g/mol. The molecule has 1 saturated carbocycles. The van der Waals surface area contributed by atoms with E-state index in [-0.39, 0.29) is 5.97 Å². The first-order valence-corrected chi connectivity index (χ1v) is 8.53. The van der Waals surface area contributed by atoms with Crippen LogP contribution in [-0.2, 0) is 28.9 Å². The predicted molar refractivity (Wildman–Crippen MR) is 88.4 cm³/mol. The molecule has 122 valence electrons. The molecule has 0 saturated heterocycles. The highest BCUT2D eigenvalue weighted by Gasteiger charge is 2.27. The van der Waals surface area contributed by atoms with Gasteiger partial charge in [-0.2, -0.15) is 0 Å². The summed E-state index contributed by atoms with van der Waals surface area (Å²) in [6.07, 6.45) is 5.43. The summed E-state index contributed by atoms with van der Waals surface area (Å²) in [5.41, 5.74) is 3.15. The van der Waals surface area contributed by atoms with Gasteiger partial charge in [-0.3, -0.25) is 9.69 Å². The zero-order chi connectivity index (χ0) is 15.8. The number of esters is 1. The van der Waals surface area contributed by atoms with Crippen LogP contribution in [0.5, 0.6) is 0 Å². The normalized spacial score (nSPS) is 19.2. The molecule has 0 radical (unpaired) electrons. The summed E-state index contributed by atoms with van der Waals surface area (Å²) in [7, 11) is 1.42. The van der Waals surface area contributed by atoms with Crippen LogP contribution in [0.15, 0.2) is 18.2 Å². The number of imidazole rings is 1. The molecule has 0 unspecified atom stereocenters. The summed E-state index contributed by atoms with van der Waals surface area (Å²) < 4.78 is 7.10. The Labute approximate surface area is 136 Å². The van der Waals surface area contributed by atoms with Gasteiger partial charge in [0, 0.05) is 32.1 Å². The molecule has 1 aliphatic carbocycles. The molecule has 0 spiro atoms. The SMILES string of the molecule is COC(=O)Cc1ccc2c(c1)nc1n2CCN(C2CCC2)CC1. The Morgan fingerprint density at radius 1 is 1.30 bits per heavy atom. The average Bonchev–Trinajstić information content (AvgIpc) is 2.72. The Hall–Kier alpha value is -1.88. The van der Waals surface area contributed by atoms with Gasteiger partial charge in [0.25, 0.3) is 0 Å². The number of nitrogens with zero attached hydrogens (tertiary/aromatic N) is 3. The number of ether oxygens (including phenoxy) is 1. The molecule has 5 heteroatoms. The molecule has 2 aromatic rings. The van der Waals surface area contributed by atoms with Crippen molar-refractivity contribution in [3.05, 3.63) is 29.6 Å². The number of fused-ring (bicyclic) bond motifs is 3. The first-order valence-electron chi connectivity index (χ1n) is 8.53. The van der Waals surface area contributed by atoms with Gasteiger partial charge >= 0.3 is 5.97 Å². The third-order valence-electron chi connectivity index (χ3n) is 5.29. The van der Waals surface area contributed by atoms with Crippen molar-refractivity contribution in [1.29, 1.82) is 0 Å². The number of carbonyl (C=O) groups excluding carboxylic acids is 1. The summed E-state index contributed by atoms with van der Waals surface area (Å²) in [5, 5.41) is 0. The molecule has 0 N–H and O–H groups in total. The van der Waals surface area contributed by atoms with Crippen LogP contribution in [0.1, 0.15) is 30.7 Å². The lowest BCUT2D eigenvalue weighted by Gasteiger charge is -2.36. The van der Waals surface area contributed by atoms with Gasteiger partial charge in [-0.05, 0) is 30.5 Å². The van der Waals surface area contributed by atoms with Crippen molar-refractivity contribution in [2.24, 2.45) is 0 Å². The van der Waals surface area contributed by atoms with Crippen molar-refractivity contribution in [3.63, 3.8) is 0 Å². The first kappa shape index (κ1) is 14.7. The highest BCUT2D eigenvalue weighted by molar-refractivity contribution is 5.79. The first-order chi connectivity index (χ1) is 11.2. The van der Waals surface area contributed by atoms with E-state index in [0.717, 1.165) is 43.2 Å². The number of carbonyl (C=O) groups is 1. The van der Waals surface area contributed by atoms with Gasteiger partial charge < -0.3 is 9.30 Å². The van der Waals surface area contributed by atoms with Gasteiger partial charge in [0.05, 0.1) is 24.6 Å². The van der Waals surface area contributed by atoms with Crippen molar-refractivity contribution in [1.82, 2.24) is 14.5 Å². The maximum Gasteiger partial charge on any atom is 0.309 e. The smallest absolute Gasteiger partial charge is 0.309 e. The number of rotatable bonds is 3. The minimum Gasteiger partial charge on any atom is -0.469 e. The van der Waals surface area contributed by atoms with Crippen molar-refractivity contribution < 1.29 is 9.53 Å². The molecule has 1 aromatic heterocycles. The number of aromatic nitrogens is 2. The van der Waals surface area contributed by atoms with Gasteiger partial charge in [0.15, 0.2) is 0 Å². The summed E-state index contributed by atoms with van der Waals surface area (Å²) in [6.45, 7) is 3.24. The standard InChI is InChI=1S/C18H23N3O2/c1-23-18(22)12-13-5-6-16-15(11-13)19-17-7-8-20(9-10-21(16)17)14-3-2-4-14/h5-6,11,14H,2-4,7-10,12H2,1H3. The van der Waals surface area contributed by atoms with Gasteiger partial charge in [0.1, 0.15) is 5.82 Å². The zero-order valence-electron chi connectivity index (χ0n) is 13.6. The summed E-state index contributed by atoms with van der Waals surface area (Å²) in [4.78, 5) is 18.9. The summed E-state index contributed by atoms with van der Waals surface area (Å²) in [6, 6.07) is 6.95. The second-order valence-electron chi connectivity index (χ2n) is 6.63. The van der Waals surface area contributed by atoms with E-state index >= 15 is 0 Å². The molecule has 2 aliphatic rings. The third-order valence-corrected chi connectivity index (χ3v) is 5.29. The zero-order valence-corrected chi connectivity index (χ0v) is 13.6. The van der Waals surface area contributed by atoms with E-state index < -0.39 is 0 Å². The molecule has 0 atom stereocenters. The van der Waals surface area contributed by atoms with Crippen LogP contribution in [0.25, 0.3) is 11.0 Å². The summed E-state index contributed by atoms with van der Waals surface area (Å²) in [5.74, 6) is 0.971. The van der Waals surface area contributed by atoms with Gasteiger partial charge in [-0.25, -0.2) is 4.98 Å². The molecule has 1 aromatic carbocycles. The largest absolute Gasteiger partial charge is 0.469 e. The highest BCUT2D eigenvalue weighted by Crippen LogP contribution is 2.27. The molecule has 0 bridgehead atoms. The molecule has 5 nitrogen and oxygen atoms in total. The van der Waals surface area contributed by atoms with Gasteiger partial charge in [-0.15, -0.1) is 0 Å². The van der Waals surface area contributed by atoms with Crippen molar-refractivity contribution >= 4 is 17.0 Å². The molecule has 0 amide bonds. The predicted octanol–water partition coefficient (Wildman–Crippen LogP) is 2.16. The van der Waals surface area contributed by atoms with Crippen molar-refractivity contribution in [3.8, 4) is 0 Å². The van der Waals surface area contributed by atoms with E-state index in [1.165, 1.54) is 37.7 Å². The van der Waals surface area contributed by atoms with E-state index in [1.54, 1.807) is 0 Å². The number of benzene rings is 1. The minimum absolute atomic E-state index is 0.207. The van der Waals surface area contributed by atoms with Crippen LogP contribution in [0.4, 0.5) is 0 Å². The number of methoxy groups -OCH3 is 1. The topological polar surface area (TPSA) is 47.4 Å². The molecule has 1 fully saturated rings. The molecular weight excluding hydrogens is 290 g/mol. The molecule has 1 aliphatic heterocycles. The van der Waals surface area contributed by atoms with E-state index in [2.05, 4.69) is 15.5 Å². The Kier molecular flexibility index (Phi) is 3.81. The Bertz CT molecular complexity index is 733. The van der Waals surface area contributed by atoms with E-state index in [9.17, 15) is 4.79 Å². The second-order valence-corrected chi connectivity index (χ2v) is 6.63. The second kappa shape index (κ2) is 5.96. The number of hydrogen-bond donors (Lipinski definition) is 0. The maximum atomic E-state index is 11.4. The van der Waals surface area contributed by atoms with Crippen LogP contribution < -0.4 is 0 Å². The van der Waals surface area contributed by atoms with E-state index in [4.69, 9.17) is 9.72 Å². The quantitative estimate of drug-likeness (QED) is 0.815. The van der Waals surface area contributed by atoms with Crippen LogP contribution in [0.2, 0.25) is 0 Å². The van der Waals surface area contributed by atoms with Gasteiger partial charge in [-0.1, -0.05) is 12.5 Å². The lowest BCUT2D eigenvalue weighted by atomic mass is 9.91. The Morgan fingerprint density at radius 3 is 2.91 bits per heavy atom. The van der Waals surface area contributed by atoms with Crippen LogP contribution in [0.3, 0.4) is 0 Å². The Morgan fingerprint density at radius 2 is 2.17 bits per heavy atom. The lowest BCUT2D eigenvalue weighted by Crippen LogP contribution is -2.41. The van der Waals surface area contributed by atoms with Gasteiger partial charge in [0.2, 0.25) is 0 Å². The van der Waals surface area contributed by atoms with Crippen LogP contribution >= 0.6 is 0 Å². The molecule has 23 heavy (non-hydrogen) atoms. The van der Waals surface area contributed by atoms with Crippen LogP contribution in [-0.4, -0.2) is 46.7 Å². The fourth-order valence-electron chi connectivity index (χ4n) is 3.72.